The molecule has 0 radical (unpaired) electrons. The molecule has 3 aromatic rings. The van der Waals surface area contributed by atoms with Crippen molar-refractivity contribution in [3.8, 4) is 20.2 Å². The Kier molecular flexibility index (Phi) is 3.68. The monoisotopic (exact) mass is 314 g/mol. The van der Waals surface area contributed by atoms with Crippen LogP contribution >= 0.6 is 22.7 Å². The quantitative estimate of drug-likeness (QED) is 0.713. The van der Waals surface area contributed by atoms with Gasteiger partial charge in [-0.25, -0.2) is 4.79 Å². The van der Waals surface area contributed by atoms with Gasteiger partial charge in [0.25, 0.3) is 0 Å². The Balaban J connectivity index is 1.90. The molecule has 3 nitrogen and oxygen atoms in total. The average Bonchev–Trinajstić information content (AvgIpc) is 3.16. The van der Waals surface area contributed by atoms with Gasteiger partial charge in [-0.3, -0.25) is 4.79 Å². The third-order valence-electron chi connectivity index (χ3n) is 3.01. The minimum Gasteiger partial charge on any atom is -0.478 e. The Morgan fingerprint density at radius 3 is 2.10 bits per heavy atom. The van der Waals surface area contributed by atoms with Crippen molar-refractivity contribution in [1.29, 1.82) is 0 Å². The van der Waals surface area contributed by atoms with Crippen molar-refractivity contribution in [2.45, 2.75) is 0 Å². The van der Waals surface area contributed by atoms with Crippen molar-refractivity contribution < 1.29 is 14.7 Å². The van der Waals surface area contributed by atoms with Gasteiger partial charge < -0.3 is 5.11 Å². The zero-order valence-corrected chi connectivity index (χ0v) is 12.4. The van der Waals surface area contributed by atoms with Crippen LogP contribution in [0.5, 0.6) is 0 Å². The molecule has 5 heteroatoms. The van der Waals surface area contributed by atoms with Crippen LogP contribution in [0.15, 0.2) is 48.5 Å². The maximum atomic E-state index is 10.8. The first-order valence-electron chi connectivity index (χ1n) is 6.16. The van der Waals surface area contributed by atoms with E-state index in [9.17, 15) is 9.59 Å². The second-order valence-electron chi connectivity index (χ2n) is 4.37. The second-order valence-corrected chi connectivity index (χ2v) is 6.57. The molecular weight excluding hydrogens is 304 g/mol. The summed E-state index contributed by atoms with van der Waals surface area (Å²) in [6, 6.07) is 14.6. The van der Waals surface area contributed by atoms with Crippen molar-refractivity contribution in [2.75, 3.05) is 0 Å². The number of benzene rings is 1. The fourth-order valence-electron chi connectivity index (χ4n) is 1.95. The lowest BCUT2D eigenvalue weighted by Gasteiger charge is -1.98. The number of carboxylic acids is 1. The minimum atomic E-state index is -0.923. The maximum absolute atomic E-state index is 10.8. The summed E-state index contributed by atoms with van der Waals surface area (Å²) in [6.45, 7) is 0. The molecule has 104 valence electrons. The van der Waals surface area contributed by atoms with Crippen LogP contribution < -0.4 is 0 Å². The van der Waals surface area contributed by atoms with E-state index in [0.29, 0.717) is 4.88 Å². The average molecular weight is 314 g/mol. The first kappa shape index (κ1) is 13.7. The van der Waals surface area contributed by atoms with Gasteiger partial charge in [-0.2, -0.15) is 0 Å². The highest BCUT2D eigenvalue weighted by Crippen LogP contribution is 2.37. The van der Waals surface area contributed by atoms with E-state index in [1.54, 1.807) is 23.5 Å². The molecular formula is C16H10O3S2. The number of thiophene rings is 2. The summed E-state index contributed by atoms with van der Waals surface area (Å²) in [5.74, 6) is -0.923. The fourth-order valence-corrected chi connectivity index (χ4v) is 3.88. The van der Waals surface area contributed by atoms with Crippen molar-refractivity contribution in [2.24, 2.45) is 0 Å². The van der Waals surface area contributed by atoms with Gasteiger partial charge >= 0.3 is 5.97 Å². The number of rotatable bonds is 4. The van der Waals surface area contributed by atoms with E-state index in [1.165, 1.54) is 11.3 Å². The molecule has 2 aromatic heterocycles. The number of hydrogen-bond acceptors (Lipinski definition) is 4. The van der Waals surface area contributed by atoms with Crippen LogP contribution in [0.3, 0.4) is 0 Å². The van der Waals surface area contributed by atoms with E-state index >= 15 is 0 Å². The van der Waals surface area contributed by atoms with Crippen LogP contribution in [0.25, 0.3) is 20.2 Å². The molecule has 0 unspecified atom stereocenters. The number of carbonyl (C=O) groups excluding carboxylic acids is 1. The van der Waals surface area contributed by atoms with E-state index in [4.69, 9.17) is 5.11 Å². The van der Waals surface area contributed by atoms with E-state index in [0.717, 1.165) is 26.5 Å². The lowest BCUT2D eigenvalue weighted by Crippen LogP contribution is -1.94. The Labute approximate surface area is 129 Å². The van der Waals surface area contributed by atoms with Crippen LogP contribution in [0, 0.1) is 0 Å². The maximum Gasteiger partial charge on any atom is 0.335 e. The first-order valence-corrected chi connectivity index (χ1v) is 7.79. The summed E-state index contributed by atoms with van der Waals surface area (Å²) in [4.78, 5) is 25.5. The molecule has 0 aliphatic heterocycles. The molecule has 0 aliphatic rings. The van der Waals surface area contributed by atoms with E-state index in [2.05, 4.69) is 0 Å². The zero-order valence-electron chi connectivity index (χ0n) is 10.8. The number of carbonyl (C=O) groups is 2. The summed E-state index contributed by atoms with van der Waals surface area (Å²) < 4.78 is 0. The molecule has 0 fully saturated rings. The molecule has 1 aromatic carbocycles. The molecule has 0 saturated carbocycles. The van der Waals surface area contributed by atoms with Crippen LogP contribution in [-0.4, -0.2) is 17.4 Å². The molecule has 21 heavy (non-hydrogen) atoms. The van der Waals surface area contributed by atoms with Gasteiger partial charge in [0.05, 0.1) is 10.4 Å². The molecule has 0 amide bonds. The Morgan fingerprint density at radius 2 is 1.48 bits per heavy atom. The van der Waals surface area contributed by atoms with Crippen molar-refractivity contribution >= 4 is 34.9 Å². The molecule has 2 heterocycles. The summed E-state index contributed by atoms with van der Waals surface area (Å²) in [5, 5.41) is 8.90. The summed E-state index contributed by atoms with van der Waals surface area (Å²) >= 11 is 3.09. The van der Waals surface area contributed by atoms with Crippen molar-refractivity contribution in [3.63, 3.8) is 0 Å². The largest absolute Gasteiger partial charge is 0.478 e. The third-order valence-corrected chi connectivity index (χ3v) is 5.35. The normalized spacial score (nSPS) is 10.5. The van der Waals surface area contributed by atoms with Gasteiger partial charge in [0.2, 0.25) is 0 Å². The number of aldehydes is 1. The van der Waals surface area contributed by atoms with Crippen LogP contribution in [0.2, 0.25) is 0 Å². The Hall–Kier alpha value is -2.24. The molecule has 0 spiro atoms. The van der Waals surface area contributed by atoms with E-state index in [1.807, 2.05) is 36.4 Å². The summed E-state index contributed by atoms with van der Waals surface area (Å²) in [6.07, 6.45) is 0.854. The lowest BCUT2D eigenvalue weighted by atomic mass is 10.1. The van der Waals surface area contributed by atoms with Crippen LogP contribution in [-0.2, 0) is 0 Å². The zero-order chi connectivity index (χ0) is 14.8. The predicted molar refractivity (Wildman–Crippen MR) is 85.4 cm³/mol. The van der Waals surface area contributed by atoms with Crippen LogP contribution in [0.4, 0.5) is 0 Å². The van der Waals surface area contributed by atoms with E-state index in [-0.39, 0.29) is 5.56 Å². The summed E-state index contributed by atoms with van der Waals surface area (Å²) in [7, 11) is 0. The standard InChI is InChI=1S/C16H10O3S2/c17-9-12-5-6-14(20-12)15-8-7-13(21-15)10-1-3-11(4-2-10)16(18)19/h1-9H,(H,18,19). The predicted octanol–water partition coefficient (Wildman–Crippen LogP) is 4.65. The fraction of sp³-hybridized carbons (Fsp3) is 0. The van der Waals surface area contributed by atoms with Crippen molar-refractivity contribution in [3.05, 3.63) is 59.0 Å². The molecule has 0 aliphatic carbocycles. The van der Waals surface area contributed by atoms with Gasteiger partial charge in [0.1, 0.15) is 0 Å². The van der Waals surface area contributed by atoms with E-state index < -0.39 is 5.97 Å². The van der Waals surface area contributed by atoms with Gasteiger partial charge in [0, 0.05) is 14.6 Å². The molecule has 0 saturated heterocycles. The lowest BCUT2D eigenvalue weighted by molar-refractivity contribution is 0.0696. The topological polar surface area (TPSA) is 54.4 Å². The molecule has 1 N–H and O–H groups in total. The van der Waals surface area contributed by atoms with Gasteiger partial charge in [-0.1, -0.05) is 12.1 Å². The van der Waals surface area contributed by atoms with Crippen molar-refractivity contribution in [1.82, 2.24) is 0 Å². The number of hydrogen-bond donors (Lipinski definition) is 1. The van der Waals surface area contributed by atoms with Gasteiger partial charge in [0.15, 0.2) is 6.29 Å². The molecule has 0 bridgehead atoms. The number of carboxylic acid groups (broad SMARTS) is 1. The van der Waals surface area contributed by atoms with Gasteiger partial charge in [-0.15, -0.1) is 22.7 Å². The van der Waals surface area contributed by atoms with Crippen LogP contribution in [0.1, 0.15) is 20.0 Å². The smallest absolute Gasteiger partial charge is 0.335 e. The van der Waals surface area contributed by atoms with Gasteiger partial charge in [-0.05, 0) is 42.0 Å². The Morgan fingerprint density at radius 1 is 0.857 bits per heavy atom. The highest BCUT2D eigenvalue weighted by molar-refractivity contribution is 7.24. The molecule has 3 rings (SSSR count). The Bertz CT molecular complexity index is 797. The highest BCUT2D eigenvalue weighted by Gasteiger charge is 2.08. The summed E-state index contributed by atoms with van der Waals surface area (Å²) in [5.41, 5.74) is 1.27. The minimum absolute atomic E-state index is 0.282. The SMILES string of the molecule is O=Cc1ccc(-c2ccc(-c3ccc(C(=O)O)cc3)s2)s1. The first-order chi connectivity index (χ1) is 10.2. The number of aromatic carboxylic acids is 1. The highest BCUT2D eigenvalue weighted by atomic mass is 32.1. The second kappa shape index (κ2) is 5.63. The molecule has 0 atom stereocenters. The third kappa shape index (κ3) is 2.79.